The van der Waals surface area contributed by atoms with E-state index in [2.05, 4.69) is 16.5 Å². The monoisotopic (exact) mass is 292 g/mol. The normalized spacial score (nSPS) is 12.1. The lowest BCUT2D eigenvalue weighted by molar-refractivity contribution is -0.118. The van der Waals surface area contributed by atoms with E-state index < -0.39 is 0 Å². The Balaban J connectivity index is 2.57. The van der Waals surface area contributed by atoms with Gasteiger partial charge >= 0.3 is 0 Å². The van der Waals surface area contributed by atoms with E-state index >= 15 is 0 Å². The van der Waals surface area contributed by atoms with Crippen LogP contribution in [-0.4, -0.2) is 17.6 Å². The van der Waals surface area contributed by atoms with E-state index in [1.807, 2.05) is 25.1 Å². The molecule has 0 unspecified atom stereocenters. The molecule has 2 aromatic rings. The highest BCUT2D eigenvalue weighted by atomic mass is 32.1. The smallest absolute Gasteiger partial charge is 0.248 e. The molecule has 0 saturated heterocycles. The Hall–Kier alpha value is -1.62. The highest BCUT2D eigenvalue weighted by Gasteiger charge is 2.08. The number of thiazole rings is 1. The number of hydrogen-bond acceptors (Lipinski definition) is 3. The van der Waals surface area contributed by atoms with Gasteiger partial charge in [-0.3, -0.25) is 4.79 Å². The van der Waals surface area contributed by atoms with Crippen LogP contribution < -0.4 is 9.54 Å². The van der Waals surface area contributed by atoms with Crippen molar-refractivity contribution in [1.82, 2.24) is 4.57 Å². The van der Waals surface area contributed by atoms with Gasteiger partial charge in [0.15, 0.2) is 4.80 Å². The minimum atomic E-state index is -0.0455. The molecule has 1 aromatic carbocycles. The lowest BCUT2D eigenvalue weighted by Crippen LogP contribution is -2.16. The lowest BCUT2D eigenvalue weighted by atomic mass is 10.3. The van der Waals surface area contributed by atoms with E-state index in [0.717, 1.165) is 40.2 Å². The van der Waals surface area contributed by atoms with E-state index in [-0.39, 0.29) is 5.91 Å². The highest BCUT2D eigenvalue weighted by molar-refractivity contribution is 7.16. The van der Waals surface area contributed by atoms with E-state index in [0.29, 0.717) is 6.42 Å². The summed E-state index contributed by atoms with van der Waals surface area (Å²) in [5.41, 5.74) is 1.11. The van der Waals surface area contributed by atoms with Gasteiger partial charge in [-0.05, 0) is 31.0 Å². The third-order valence-corrected chi connectivity index (χ3v) is 4.06. The second-order valence-electron chi connectivity index (χ2n) is 4.63. The fraction of sp³-hybridized carbons (Fsp3) is 0.467. The number of carbonyl (C=O) groups is 1. The van der Waals surface area contributed by atoms with Gasteiger partial charge < -0.3 is 9.30 Å². The topological polar surface area (TPSA) is 43.6 Å². The van der Waals surface area contributed by atoms with Gasteiger partial charge in [-0.15, -0.1) is 0 Å². The van der Waals surface area contributed by atoms with Crippen LogP contribution in [0.1, 0.15) is 33.1 Å². The molecule has 2 rings (SSSR count). The van der Waals surface area contributed by atoms with Crippen LogP contribution >= 0.6 is 11.3 Å². The van der Waals surface area contributed by atoms with Crippen molar-refractivity contribution in [1.29, 1.82) is 0 Å². The lowest BCUT2D eigenvalue weighted by Gasteiger charge is -2.03. The molecule has 20 heavy (non-hydrogen) atoms. The Morgan fingerprint density at radius 3 is 2.80 bits per heavy atom. The Labute approximate surface area is 122 Å². The summed E-state index contributed by atoms with van der Waals surface area (Å²) in [6, 6.07) is 5.97. The van der Waals surface area contributed by atoms with Crippen molar-refractivity contribution in [3.05, 3.63) is 23.0 Å². The molecule has 1 aromatic heterocycles. The van der Waals surface area contributed by atoms with Crippen molar-refractivity contribution in [3.8, 4) is 5.75 Å². The van der Waals surface area contributed by atoms with E-state index in [9.17, 15) is 4.79 Å². The number of hydrogen-bond donors (Lipinski definition) is 0. The first kappa shape index (κ1) is 14.8. The maximum Gasteiger partial charge on any atom is 0.248 e. The SMILES string of the molecule is CCCC(=O)N=c1sc2cc(OC)ccc2n1CCC. The Kier molecular flexibility index (Phi) is 4.95. The molecule has 0 N–H and O–H groups in total. The van der Waals surface area contributed by atoms with Crippen molar-refractivity contribution in [2.75, 3.05) is 7.11 Å². The summed E-state index contributed by atoms with van der Waals surface area (Å²) >= 11 is 1.54. The van der Waals surface area contributed by atoms with Crippen LogP contribution in [0.15, 0.2) is 23.2 Å². The van der Waals surface area contributed by atoms with Crippen LogP contribution in [0, 0.1) is 0 Å². The van der Waals surface area contributed by atoms with E-state index in [1.165, 1.54) is 0 Å². The quantitative estimate of drug-likeness (QED) is 0.848. The molecule has 4 nitrogen and oxygen atoms in total. The molecule has 0 atom stereocenters. The van der Waals surface area contributed by atoms with Crippen molar-refractivity contribution in [2.45, 2.75) is 39.7 Å². The van der Waals surface area contributed by atoms with Crippen molar-refractivity contribution >= 4 is 27.5 Å². The van der Waals surface area contributed by atoms with Crippen molar-refractivity contribution in [2.24, 2.45) is 4.99 Å². The number of nitrogens with zero attached hydrogens (tertiary/aromatic N) is 2. The first-order chi connectivity index (χ1) is 9.69. The van der Waals surface area contributed by atoms with Gasteiger partial charge in [-0.2, -0.15) is 4.99 Å². The molecule has 5 heteroatoms. The summed E-state index contributed by atoms with van der Waals surface area (Å²) in [5.74, 6) is 0.782. The van der Waals surface area contributed by atoms with Gasteiger partial charge in [0, 0.05) is 13.0 Å². The minimum Gasteiger partial charge on any atom is -0.497 e. The zero-order valence-corrected chi connectivity index (χ0v) is 13.0. The number of amides is 1. The molecule has 0 aliphatic rings. The molecule has 0 aliphatic heterocycles. The molecule has 1 amide bonds. The highest BCUT2D eigenvalue weighted by Crippen LogP contribution is 2.23. The van der Waals surface area contributed by atoms with Crippen LogP contribution in [0.25, 0.3) is 10.2 Å². The van der Waals surface area contributed by atoms with Crippen LogP contribution in [0.2, 0.25) is 0 Å². The average Bonchev–Trinajstić information content (AvgIpc) is 2.76. The van der Waals surface area contributed by atoms with Crippen LogP contribution in [0.3, 0.4) is 0 Å². The van der Waals surface area contributed by atoms with Gasteiger partial charge in [0.05, 0.1) is 17.3 Å². The van der Waals surface area contributed by atoms with Gasteiger partial charge in [0.1, 0.15) is 5.75 Å². The van der Waals surface area contributed by atoms with E-state index in [1.54, 1.807) is 18.4 Å². The summed E-state index contributed by atoms with van der Waals surface area (Å²) in [5, 5.41) is 0. The molecule has 0 bridgehead atoms. The molecule has 0 radical (unpaired) electrons. The number of ether oxygens (including phenoxy) is 1. The summed E-state index contributed by atoms with van der Waals surface area (Å²) < 4.78 is 8.47. The third kappa shape index (κ3) is 3.10. The van der Waals surface area contributed by atoms with Crippen LogP contribution in [-0.2, 0) is 11.3 Å². The zero-order chi connectivity index (χ0) is 14.5. The number of aryl methyl sites for hydroxylation is 1. The average molecular weight is 292 g/mol. The Bertz CT molecular complexity index is 670. The molecular weight excluding hydrogens is 272 g/mol. The maximum absolute atomic E-state index is 11.8. The fourth-order valence-electron chi connectivity index (χ4n) is 2.08. The minimum absolute atomic E-state index is 0.0455. The van der Waals surface area contributed by atoms with Gasteiger partial charge in [-0.1, -0.05) is 25.2 Å². The van der Waals surface area contributed by atoms with Gasteiger partial charge in [-0.25, -0.2) is 0 Å². The van der Waals surface area contributed by atoms with Crippen LogP contribution in [0.4, 0.5) is 0 Å². The first-order valence-corrected chi connectivity index (χ1v) is 7.76. The second-order valence-corrected chi connectivity index (χ2v) is 5.63. The van der Waals surface area contributed by atoms with Crippen LogP contribution in [0.5, 0.6) is 5.75 Å². The number of methoxy groups -OCH3 is 1. The number of rotatable bonds is 5. The molecule has 0 saturated carbocycles. The van der Waals surface area contributed by atoms with E-state index in [4.69, 9.17) is 4.74 Å². The molecule has 0 aliphatic carbocycles. The number of aromatic nitrogens is 1. The Morgan fingerprint density at radius 1 is 1.35 bits per heavy atom. The number of benzene rings is 1. The predicted molar refractivity (Wildman–Crippen MR) is 82.1 cm³/mol. The largest absolute Gasteiger partial charge is 0.497 e. The summed E-state index contributed by atoms with van der Waals surface area (Å²) in [6.07, 6.45) is 2.34. The molecular formula is C15H20N2O2S. The van der Waals surface area contributed by atoms with Crippen molar-refractivity contribution < 1.29 is 9.53 Å². The number of carbonyl (C=O) groups excluding carboxylic acids is 1. The fourth-order valence-corrected chi connectivity index (χ4v) is 3.18. The molecule has 0 fully saturated rings. The van der Waals surface area contributed by atoms with Crippen molar-refractivity contribution in [3.63, 3.8) is 0 Å². The summed E-state index contributed by atoms with van der Waals surface area (Å²) in [7, 11) is 1.66. The summed E-state index contributed by atoms with van der Waals surface area (Å²) in [6.45, 7) is 4.98. The predicted octanol–water partition coefficient (Wildman–Crippen LogP) is 3.35. The molecule has 0 spiro atoms. The standard InChI is InChI=1S/C15H20N2O2S/c1-4-6-14(18)16-15-17(9-5-2)12-8-7-11(19-3)10-13(12)20-15/h7-8,10H,4-6,9H2,1-3H3. The third-order valence-electron chi connectivity index (χ3n) is 3.02. The maximum atomic E-state index is 11.8. The van der Waals surface area contributed by atoms with Gasteiger partial charge in [0.25, 0.3) is 0 Å². The van der Waals surface area contributed by atoms with Gasteiger partial charge in [0.2, 0.25) is 5.91 Å². The zero-order valence-electron chi connectivity index (χ0n) is 12.2. The summed E-state index contributed by atoms with van der Waals surface area (Å²) in [4.78, 5) is 16.8. The Morgan fingerprint density at radius 2 is 2.15 bits per heavy atom. The second kappa shape index (κ2) is 6.70. The number of fused-ring (bicyclic) bond motifs is 1. The molecule has 1 heterocycles. The molecule has 108 valence electrons. The first-order valence-electron chi connectivity index (χ1n) is 6.94.